The van der Waals surface area contributed by atoms with Crippen LogP contribution in [0.2, 0.25) is 0 Å². The molecule has 6 nitrogen and oxygen atoms in total. The standard InChI is InChI=1S/C13H23N5O/c1-11(18-8-6-17(2)7-9-18)10-15-13-14-5-4-12(16-13)19-3/h4-5,11H,6-10H2,1-3H3,(H,14,15,16). The average molecular weight is 265 g/mol. The molecule has 19 heavy (non-hydrogen) atoms. The summed E-state index contributed by atoms with van der Waals surface area (Å²) in [6, 6.07) is 2.22. The fourth-order valence-electron chi connectivity index (χ4n) is 2.17. The van der Waals surface area contributed by atoms with E-state index in [0.29, 0.717) is 17.9 Å². The molecule has 0 saturated carbocycles. The third-order valence-electron chi connectivity index (χ3n) is 3.56. The van der Waals surface area contributed by atoms with Gasteiger partial charge in [0.05, 0.1) is 7.11 Å². The number of hydrogen-bond acceptors (Lipinski definition) is 6. The summed E-state index contributed by atoms with van der Waals surface area (Å²) >= 11 is 0. The first-order chi connectivity index (χ1) is 9.19. The normalized spacial score (nSPS) is 19.1. The second-order valence-electron chi connectivity index (χ2n) is 4.99. The van der Waals surface area contributed by atoms with Gasteiger partial charge in [0.15, 0.2) is 0 Å². The lowest BCUT2D eigenvalue weighted by Crippen LogP contribution is -2.49. The zero-order valence-electron chi connectivity index (χ0n) is 12.0. The van der Waals surface area contributed by atoms with E-state index in [9.17, 15) is 0 Å². The van der Waals surface area contributed by atoms with Gasteiger partial charge in [-0.05, 0) is 14.0 Å². The first kappa shape index (κ1) is 14.0. The van der Waals surface area contributed by atoms with Crippen LogP contribution in [0.5, 0.6) is 5.88 Å². The molecule has 1 aromatic heterocycles. The van der Waals surface area contributed by atoms with Crippen molar-refractivity contribution >= 4 is 5.95 Å². The number of anilines is 1. The van der Waals surface area contributed by atoms with Gasteiger partial charge in [-0.1, -0.05) is 0 Å². The average Bonchev–Trinajstić information content (AvgIpc) is 2.46. The Morgan fingerprint density at radius 3 is 2.79 bits per heavy atom. The van der Waals surface area contributed by atoms with Gasteiger partial charge in [0.1, 0.15) is 0 Å². The summed E-state index contributed by atoms with van der Waals surface area (Å²) < 4.78 is 5.08. The fourth-order valence-corrected chi connectivity index (χ4v) is 2.17. The van der Waals surface area contributed by atoms with Gasteiger partial charge in [-0.3, -0.25) is 4.90 Å². The molecule has 0 spiro atoms. The number of piperazine rings is 1. The van der Waals surface area contributed by atoms with Gasteiger partial charge in [0.25, 0.3) is 0 Å². The molecule has 106 valence electrons. The van der Waals surface area contributed by atoms with Gasteiger partial charge in [0.2, 0.25) is 11.8 Å². The predicted octanol–water partition coefficient (Wildman–Crippen LogP) is 0.533. The van der Waals surface area contributed by atoms with Crippen LogP contribution in [0.15, 0.2) is 12.3 Å². The van der Waals surface area contributed by atoms with Gasteiger partial charge < -0.3 is 15.0 Å². The van der Waals surface area contributed by atoms with E-state index in [1.165, 1.54) is 0 Å². The maximum Gasteiger partial charge on any atom is 0.225 e. The summed E-state index contributed by atoms with van der Waals surface area (Å²) in [5, 5.41) is 3.27. The topological polar surface area (TPSA) is 53.5 Å². The molecule has 1 atom stereocenters. The number of aromatic nitrogens is 2. The number of methoxy groups -OCH3 is 1. The molecular weight excluding hydrogens is 242 g/mol. The van der Waals surface area contributed by atoms with E-state index in [1.807, 2.05) is 0 Å². The highest BCUT2D eigenvalue weighted by Crippen LogP contribution is 2.09. The van der Waals surface area contributed by atoms with Gasteiger partial charge in [-0.25, -0.2) is 4.98 Å². The van der Waals surface area contributed by atoms with Crippen LogP contribution in [0, 0.1) is 0 Å². The molecule has 0 amide bonds. The molecule has 1 N–H and O–H groups in total. The molecular formula is C13H23N5O. The van der Waals surface area contributed by atoms with Crippen LogP contribution in [-0.2, 0) is 0 Å². The molecule has 1 saturated heterocycles. The highest BCUT2D eigenvalue weighted by atomic mass is 16.5. The minimum atomic E-state index is 0.475. The summed E-state index contributed by atoms with van der Waals surface area (Å²) in [6.45, 7) is 7.60. The zero-order valence-corrected chi connectivity index (χ0v) is 12.0. The van der Waals surface area contributed by atoms with Crippen LogP contribution in [-0.4, -0.2) is 72.7 Å². The van der Waals surface area contributed by atoms with Crippen molar-refractivity contribution in [2.75, 3.05) is 52.2 Å². The molecule has 2 heterocycles. The number of rotatable bonds is 5. The molecule has 1 aliphatic heterocycles. The van der Waals surface area contributed by atoms with E-state index in [4.69, 9.17) is 4.74 Å². The summed E-state index contributed by atoms with van der Waals surface area (Å²) in [4.78, 5) is 13.3. The summed E-state index contributed by atoms with van der Waals surface area (Å²) in [5.74, 6) is 1.21. The molecule has 1 aliphatic rings. The van der Waals surface area contributed by atoms with Gasteiger partial charge >= 0.3 is 0 Å². The smallest absolute Gasteiger partial charge is 0.225 e. The van der Waals surface area contributed by atoms with Crippen LogP contribution < -0.4 is 10.1 Å². The Kier molecular flexibility index (Phi) is 4.93. The zero-order chi connectivity index (χ0) is 13.7. The monoisotopic (exact) mass is 265 g/mol. The van der Waals surface area contributed by atoms with Crippen molar-refractivity contribution in [1.82, 2.24) is 19.8 Å². The van der Waals surface area contributed by atoms with Crippen molar-refractivity contribution in [2.24, 2.45) is 0 Å². The SMILES string of the molecule is COc1ccnc(NCC(C)N2CCN(C)CC2)n1. The van der Waals surface area contributed by atoms with Crippen molar-refractivity contribution in [3.05, 3.63) is 12.3 Å². The first-order valence-electron chi connectivity index (χ1n) is 6.72. The maximum atomic E-state index is 5.08. The molecule has 0 aromatic carbocycles. The minimum absolute atomic E-state index is 0.475. The molecule has 2 rings (SSSR count). The molecule has 1 aromatic rings. The Labute approximate surface area is 114 Å². The lowest BCUT2D eigenvalue weighted by molar-refractivity contribution is 0.123. The van der Waals surface area contributed by atoms with Crippen LogP contribution in [0.4, 0.5) is 5.95 Å². The third kappa shape index (κ3) is 4.04. The molecule has 1 unspecified atom stereocenters. The van der Waals surface area contributed by atoms with Gasteiger partial charge in [-0.2, -0.15) is 4.98 Å². The molecule has 0 aliphatic carbocycles. The lowest BCUT2D eigenvalue weighted by Gasteiger charge is -2.36. The molecule has 1 fully saturated rings. The van der Waals surface area contributed by atoms with E-state index in [-0.39, 0.29) is 0 Å². The largest absolute Gasteiger partial charge is 0.481 e. The first-order valence-corrected chi connectivity index (χ1v) is 6.72. The van der Waals surface area contributed by atoms with Crippen LogP contribution >= 0.6 is 0 Å². The van der Waals surface area contributed by atoms with E-state index >= 15 is 0 Å². The van der Waals surface area contributed by atoms with E-state index in [2.05, 4.69) is 39.1 Å². The Morgan fingerprint density at radius 2 is 2.11 bits per heavy atom. The molecule has 6 heteroatoms. The number of nitrogens with one attached hydrogen (secondary N) is 1. The van der Waals surface area contributed by atoms with Crippen LogP contribution in [0.1, 0.15) is 6.92 Å². The molecule has 0 radical (unpaired) electrons. The second-order valence-corrected chi connectivity index (χ2v) is 4.99. The highest BCUT2D eigenvalue weighted by Gasteiger charge is 2.18. The predicted molar refractivity (Wildman–Crippen MR) is 75.6 cm³/mol. The van der Waals surface area contributed by atoms with Crippen molar-refractivity contribution in [2.45, 2.75) is 13.0 Å². The Hall–Kier alpha value is -1.40. The van der Waals surface area contributed by atoms with Crippen molar-refractivity contribution < 1.29 is 4.74 Å². The van der Waals surface area contributed by atoms with E-state index in [1.54, 1.807) is 19.4 Å². The lowest BCUT2D eigenvalue weighted by atomic mass is 10.2. The minimum Gasteiger partial charge on any atom is -0.481 e. The summed E-state index contributed by atoms with van der Waals surface area (Å²) in [6.07, 6.45) is 1.70. The van der Waals surface area contributed by atoms with Crippen molar-refractivity contribution in [3.8, 4) is 5.88 Å². The Bertz CT molecular complexity index is 392. The second kappa shape index (κ2) is 6.68. The number of hydrogen-bond donors (Lipinski definition) is 1. The highest BCUT2D eigenvalue weighted by molar-refractivity contribution is 5.27. The maximum absolute atomic E-state index is 5.08. The molecule has 0 bridgehead atoms. The fraction of sp³-hybridized carbons (Fsp3) is 0.692. The van der Waals surface area contributed by atoms with Gasteiger partial charge in [0, 0.05) is 51.0 Å². The van der Waals surface area contributed by atoms with Gasteiger partial charge in [-0.15, -0.1) is 0 Å². The van der Waals surface area contributed by atoms with Crippen molar-refractivity contribution in [1.29, 1.82) is 0 Å². The number of ether oxygens (including phenoxy) is 1. The van der Waals surface area contributed by atoms with Crippen LogP contribution in [0.3, 0.4) is 0 Å². The van der Waals surface area contributed by atoms with E-state index < -0.39 is 0 Å². The number of nitrogens with zero attached hydrogens (tertiary/aromatic N) is 4. The number of likely N-dealkylation sites (N-methyl/N-ethyl adjacent to an activating group) is 1. The van der Waals surface area contributed by atoms with Crippen LogP contribution in [0.25, 0.3) is 0 Å². The van der Waals surface area contributed by atoms with E-state index in [0.717, 1.165) is 32.7 Å². The third-order valence-corrected chi connectivity index (χ3v) is 3.56. The van der Waals surface area contributed by atoms with Crippen molar-refractivity contribution in [3.63, 3.8) is 0 Å². The Morgan fingerprint density at radius 1 is 1.37 bits per heavy atom. The summed E-state index contributed by atoms with van der Waals surface area (Å²) in [7, 11) is 3.78. The quantitative estimate of drug-likeness (QED) is 0.838. The Balaban J connectivity index is 1.80. The summed E-state index contributed by atoms with van der Waals surface area (Å²) in [5.41, 5.74) is 0.